The van der Waals surface area contributed by atoms with E-state index >= 15 is 0 Å². The van der Waals surface area contributed by atoms with Gasteiger partial charge < -0.3 is 4.90 Å². The van der Waals surface area contributed by atoms with Gasteiger partial charge in [-0.25, -0.2) is 0 Å². The molecule has 0 aliphatic rings. The Bertz CT molecular complexity index is 600. The number of rotatable bonds is 9. The maximum absolute atomic E-state index is 4.15. The van der Waals surface area contributed by atoms with Gasteiger partial charge >= 0.3 is 0 Å². The van der Waals surface area contributed by atoms with Crippen LogP contribution in [0, 0.1) is 0 Å². The number of para-hydroxylation sites is 1. The Kier molecular flexibility index (Phi) is 6.68. The largest absolute Gasteiger partial charge is 0.364 e. The van der Waals surface area contributed by atoms with Gasteiger partial charge in [0.15, 0.2) is 0 Å². The monoisotopic (exact) mass is 305 g/mol. The summed E-state index contributed by atoms with van der Waals surface area (Å²) in [4.78, 5) is 2.51. The van der Waals surface area contributed by atoms with E-state index in [1.54, 1.807) is 0 Å². The normalized spacial score (nSPS) is 11.7. The minimum Gasteiger partial charge on any atom is -0.364 e. The standard InChI is InChI=1S/C22H27N/c1-4-5-12-17-23(21-15-10-7-11-16-21)22(18-19(2)3)20-13-8-6-9-14-20/h4,6-11,13-16,22H,1-2,5,12,17-18H2,3H3. The molecule has 2 aromatic rings. The van der Waals surface area contributed by atoms with Crippen LogP contribution in [0.4, 0.5) is 5.69 Å². The maximum atomic E-state index is 4.15. The molecular weight excluding hydrogens is 278 g/mol. The molecule has 0 fully saturated rings. The van der Waals surface area contributed by atoms with Gasteiger partial charge in [0.25, 0.3) is 0 Å². The second kappa shape index (κ2) is 8.99. The van der Waals surface area contributed by atoms with E-state index in [1.807, 2.05) is 6.08 Å². The maximum Gasteiger partial charge on any atom is 0.0579 e. The van der Waals surface area contributed by atoms with Crippen LogP contribution < -0.4 is 4.90 Å². The minimum atomic E-state index is 0.320. The third-order valence-electron chi connectivity index (χ3n) is 4.00. The molecule has 0 aliphatic carbocycles. The molecule has 0 saturated carbocycles. The Balaban J connectivity index is 2.34. The molecule has 0 aromatic heterocycles. The van der Waals surface area contributed by atoms with Crippen molar-refractivity contribution in [3.8, 4) is 0 Å². The molecule has 120 valence electrons. The highest BCUT2D eigenvalue weighted by atomic mass is 15.2. The van der Waals surface area contributed by atoms with E-state index in [1.165, 1.54) is 16.8 Å². The summed E-state index contributed by atoms with van der Waals surface area (Å²) >= 11 is 0. The van der Waals surface area contributed by atoms with Crippen molar-refractivity contribution in [1.29, 1.82) is 0 Å². The first kappa shape index (κ1) is 17.1. The summed E-state index contributed by atoms with van der Waals surface area (Å²) < 4.78 is 0. The number of hydrogen-bond acceptors (Lipinski definition) is 1. The highest BCUT2D eigenvalue weighted by Gasteiger charge is 2.20. The highest BCUT2D eigenvalue weighted by Crippen LogP contribution is 2.32. The molecule has 0 N–H and O–H groups in total. The summed E-state index contributed by atoms with van der Waals surface area (Å²) in [6.07, 6.45) is 5.11. The molecule has 2 rings (SSSR count). The van der Waals surface area contributed by atoms with Crippen LogP contribution in [0.5, 0.6) is 0 Å². The molecule has 1 nitrogen and oxygen atoms in total. The summed E-state index contributed by atoms with van der Waals surface area (Å²) in [5.41, 5.74) is 3.83. The lowest BCUT2D eigenvalue weighted by Crippen LogP contribution is -2.30. The van der Waals surface area contributed by atoms with E-state index in [0.29, 0.717) is 6.04 Å². The fourth-order valence-electron chi connectivity index (χ4n) is 2.90. The van der Waals surface area contributed by atoms with Gasteiger partial charge in [0, 0.05) is 12.2 Å². The van der Waals surface area contributed by atoms with Crippen LogP contribution >= 0.6 is 0 Å². The predicted molar refractivity (Wildman–Crippen MR) is 102 cm³/mol. The van der Waals surface area contributed by atoms with Crippen molar-refractivity contribution in [1.82, 2.24) is 0 Å². The van der Waals surface area contributed by atoms with Gasteiger partial charge in [0.2, 0.25) is 0 Å². The van der Waals surface area contributed by atoms with Crippen molar-refractivity contribution in [2.75, 3.05) is 11.4 Å². The zero-order valence-corrected chi connectivity index (χ0v) is 14.1. The first-order valence-electron chi connectivity index (χ1n) is 8.34. The van der Waals surface area contributed by atoms with E-state index in [0.717, 1.165) is 25.8 Å². The first-order valence-corrected chi connectivity index (χ1v) is 8.34. The van der Waals surface area contributed by atoms with Gasteiger partial charge in [0.1, 0.15) is 0 Å². The lowest BCUT2D eigenvalue weighted by atomic mass is 9.97. The summed E-state index contributed by atoms with van der Waals surface area (Å²) in [7, 11) is 0. The summed E-state index contributed by atoms with van der Waals surface area (Å²) in [6.45, 7) is 11.1. The number of benzene rings is 2. The molecule has 0 amide bonds. The van der Waals surface area contributed by atoms with Crippen LogP contribution in [-0.2, 0) is 0 Å². The van der Waals surface area contributed by atoms with Gasteiger partial charge in [-0.3, -0.25) is 0 Å². The molecule has 0 bridgehead atoms. The Labute approximate surface area is 141 Å². The van der Waals surface area contributed by atoms with Crippen molar-refractivity contribution in [2.45, 2.75) is 32.2 Å². The third-order valence-corrected chi connectivity index (χ3v) is 4.00. The van der Waals surface area contributed by atoms with E-state index < -0.39 is 0 Å². The van der Waals surface area contributed by atoms with Gasteiger partial charge in [0.05, 0.1) is 6.04 Å². The average Bonchev–Trinajstić information content (AvgIpc) is 2.58. The summed E-state index contributed by atoms with van der Waals surface area (Å²) in [5.74, 6) is 0. The van der Waals surface area contributed by atoms with Crippen molar-refractivity contribution >= 4 is 5.69 Å². The van der Waals surface area contributed by atoms with Gasteiger partial charge in [-0.05, 0) is 43.9 Å². The number of hydrogen-bond donors (Lipinski definition) is 0. The average molecular weight is 305 g/mol. The molecule has 1 heteroatoms. The molecule has 2 aromatic carbocycles. The van der Waals surface area contributed by atoms with Gasteiger partial charge in [-0.2, -0.15) is 0 Å². The number of unbranched alkanes of at least 4 members (excludes halogenated alkanes) is 1. The smallest absolute Gasteiger partial charge is 0.0579 e. The fraction of sp³-hybridized carbons (Fsp3) is 0.273. The van der Waals surface area contributed by atoms with Crippen molar-refractivity contribution in [2.24, 2.45) is 0 Å². The van der Waals surface area contributed by atoms with Crippen LogP contribution in [0.25, 0.3) is 0 Å². The van der Waals surface area contributed by atoms with Crippen LogP contribution in [0.1, 0.15) is 37.8 Å². The van der Waals surface area contributed by atoms with Crippen LogP contribution in [0.3, 0.4) is 0 Å². The molecule has 0 heterocycles. The Hall–Kier alpha value is -2.28. The van der Waals surface area contributed by atoms with Crippen LogP contribution in [0.2, 0.25) is 0 Å². The Morgan fingerprint density at radius 2 is 1.65 bits per heavy atom. The fourth-order valence-corrected chi connectivity index (χ4v) is 2.90. The first-order chi connectivity index (χ1) is 11.2. The topological polar surface area (TPSA) is 3.24 Å². The Morgan fingerprint density at radius 1 is 1.04 bits per heavy atom. The molecule has 0 radical (unpaired) electrons. The van der Waals surface area contributed by atoms with E-state index in [9.17, 15) is 0 Å². The van der Waals surface area contributed by atoms with Crippen molar-refractivity contribution in [3.05, 3.63) is 91.0 Å². The summed E-state index contributed by atoms with van der Waals surface area (Å²) in [5, 5.41) is 0. The third kappa shape index (κ3) is 5.14. The van der Waals surface area contributed by atoms with Crippen LogP contribution in [0.15, 0.2) is 85.5 Å². The lowest BCUT2D eigenvalue weighted by Gasteiger charge is -2.34. The highest BCUT2D eigenvalue weighted by molar-refractivity contribution is 5.49. The minimum absolute atomic E-state index is 0.320. The Morgan fingerprint density at radius 3 is 2.22 bits per heavy atom. The molecule has 23 heavy (non-hydrogen) atoms. The number of anilines is 1. The SMILES string of the molecule is C=CCCCN(c1ccccc1)C(CC(=C)C)c1ccccc1. The van der Waals surface area contributed by atoms with Crippen molar-refractivity contribution in [3.63, 3.8) is 0 Å². The number of nitrogens with zero attached hydrogens (tertiary/aromatic N) is 1. The van der Waals surface area contributed by atoms with E-state index in [-0.39, 0.29) is 0 Å². The van der Waals surface area contributed by atoms with E-state index in [4.69, 9.17) is 0 Å². The second-order valence-corrected chi connectivity index (χ2v) is 6.05. The zero-order chi connectivity index (χ0) is 16.5. The summed E-state index contributed by atoms with van der Waals surface area (Å²) in [6, 6.07) is 21.8. The van der Waals surface area contributed by atoms with Gasteiger partial charge in [-0.15, -0.1) is 13.2 Å². The molecule has 1 atom stereocenters. The predicted octanol–water partition coefficient (Wildman–Crippen LogP) is 6.17. The molecule has 0 spiro atoms. The van der Waals surface area contributed by atoms with Crippen molar-refractivity contribution < 1.29 is 0 Å². The van der Waals surface area contributed by atoms with Gasteiger partial charge in [-0.1, -0.05) is 60.2 Å². The molecule has 0 saturated heterocycles. The molecule has 0 aliphatic heterocycles. The van der Waals surface area contributed by atoms with Crippen LogP contribution in [-0.4, -0.2) is 6.54 Å². The second-order valence-electron chi connectivity index (χ2n) is 6.05. The quantitative estimate of drug-likeness (QED) is 0.396. The lowest BCUT2D eigenvalue weighted by molar-refractivity contribution is 0.599. The van der Waals surface area contributed by atoms with E-state index in [2.05, 4.69) is 85.6 Å². The number of allylic oxidation sites excluding steroid dienone is 1. The zero-order valence-electron chi connectivity index (χ0n) is 14.1. The molecular formula is C22H27N. The molecule has 1 unspecified atom stereocenters.